The molecule has 0 bridgehead atoms. The molecular weight excluding hydrogens is 221 g/mol. The van der Waals surface area contributed by atoms with Crippen molar-refractivity contribution in [1.82, 2.24) is 0 Å². The van der Waals surface area contributed by atoms with E-state index >= 15 is 0 Å². The molecule has 0 aromatic rings. The summed E-state index contributed by atoms with van der Waals surface area (Å²) in [5.41, 5.74) is -0.0589. The first-order valence-electron chi connectivity index (χ1n) is 5.31. The van der Waals surface area contributed by atoms with Crippen molar-refractivity contribution < 1.29 is 22.7 Å². The second-order valence-electron chi connectivity index (χ2n) is 4.85. The smallest absolute Gasteiger partial charge is 0.422 e. The van der Waals surface area contributed by atoms with Gasteiger partial charge in [0.05, 0.1) is 5.92 Å². The molecule has 0 aliphatic rings. The second kappa shape index (κ2) is 5.55. The molecule has 16 heavy (non-hydrogen) atoms. The van der Waals surface area contributed by atoms with Gasteiger partial charge in [0, 0.05) is 0 Å². The average Bonchev–Trinajstić information content (AvgIpc) is 2.12. The summed E-state index contributed by atoms with van der Waals surface area (Å²) in [7, 11) is 0. The lowest BCUT2D eigenvalue weighted by Crippen LogP contribution is -2.26. The molecule has 0 heterocycles. The Morgan fingerprint density at radius 1 is 1.31 bits per heavy atom. The van der Waals surface area contributed by atoms with E-state index < -0.39 is 24.7 Å². The Morgan fingerprint density at radius 2 is 1.81 bits per heavy atom. The van der Waals surface area contributed by atoms with E-state index in [1.165, 1.54) is 0 Å². The fourth-order valence-corrected chi connectivity index (χ4v) is 1.35. The van der Waals surface area contributed by atoms with Gasteiger partial charge in [0.1, 0.15) is 0 Å². The third-order valence-corrected chi connectivity index (χ3v) is 2.60. The van der Waals surface area contributed by atoms with Crippen LogP contribution >= 0.6 is 0 Å². The van der Waals surface area contributed by atoms with Gasteiger partial charge in [-0.1, -0.05) is 34.1 Å². The molecule has 96 valence electrons. The molecule has 0 aromatic heterocycles. The van der Waals surface area contributed by atoms with Gasteiger partial charge < -0.3 is 4.74 Å². The lowest BCUT2D eigenvalue weighted by molar-refractivity contribution is -0.189. The average molecular weight is 240 g/mol. The summed E-state index contributed by atoms with van der Waals surface area (Å²) < 4.78 is 39.6. The van der Waals surface area contributed by atoms with Gasteiger partial charge in [-0.05, 0) is 11.8 Å². The predicted molar refractivity (Wildman–Crippen MR) is 54.9 cm³/mol. The van der Waals surface area contributed by atoms with Gasteiger partial charge in [0.15, 0.2) is 6.61 Å². The topological polar surface area (TPSA) is 26.3 Å². The van der Waals surface area contributed by atoms with Crippen LogP contribution in [0, 0.1) is 11.3 Å². The van der Waals surface area contributed by atoms with Gasteiger partial charge in [-0.25, -0.2) is 0 Å². The Bertz CT molecular complexity index is 234. The highest BCUT2D eigenvalue weighted by Gasteiger charge is 2.31. The number of rotatable bonds is 5. The van der Waals surface area contributed by atoms with Crippen molar-refractivity contribution >= 4 is 5.97 Å². The Labute approximate surface area is 94.2 Å². The second-order valence-corrected chi connectivity index (χ2v) is 4.85. The molecule has 1 atom stereocenters. The molecule has 0 radical (unpaired) electrons. The van der Waals surface area contributed by atoms with Crippen molar-refractivity contribution in [2.75, 3.05) is 6.61 Å². The van der Waals surface area contributed by atoms with Crippen molar-refractivity contribution in [1.29, 1.82) is 0 Å². The molecule has 0 saturated heterocycles. The van der Waals surface area contributed by atoms with E-state index in [4.69, 9.17) is 0 Å². The standard InChI is InChI=1S/C11H19F3O2/c1-5-10(3,4)6-8(2)9(15)16-7-11(12,13)14/h8H,5-7H2,1-4H3. The van der Waals surface area contributed by atoms with Crippen molar-refractivity contribution in [3.63, 3.8) is 0 Å². The van der Waals surface area contributed by atoms with Crippen molar-refractivity contribution in [2.24, 2.45) is 11.3 Å². The summed E-state index contributed by atoms with van der Waals surface area (Å²) in [5, 5.41) is 0. The van der Waals surface area contributed by atoms with E-state index in [9.17, 15) is 18.0 Å². The minimum absolute atomic E-state index is 0.0589. The molecule has 0 aromatic carbocycles. The van der Waals surface area contributed by atoms with E-state index in [0.29, 0.717) is 6.42 Å². The minimum Gasteiger partial charge on any atom is -0.456 e. The van der Waals surface area contributed by atoms with Crippen LogP contribution in [0.4, 0.5) is 13.2 Å². The first kappa shape index (κ1) is 15.3. The quantitative estimate of drug-likeness (QED) is 0.687. The summed E-state index contributed by atoms with van der Waals surface area (Å²) in [6, 6.07) is 0. The van der Waals surface area contributed by atoms with Gasteiger partial charge in [0.2, 0.25) is 0 Å². The van der Waals surface area contributed by atoms with Crippen LogP contribution in [0.15, 0.2) is 0 Å². The number of alkyl halides is 3. The lowest BCUT2D eigenvalue weighted by Gasteiger charge is -2.25. The van der Waals surface area contributed by atoms with Gasteiger partial charge in [-0.3, -0.25) is 4.79 Å². The number of ether oxygens (including phenoxy) is 1. The summed E-state index contributed by atoms with van der Waals surface area (Å²) in [6.45, 7) is 6.02. The molecule has 5 heteroatoms. The largest absolute Gasteiger partial charge is 0.456 e. The number of halogens is 3. The number of hydrogen-bond donors (Lipinski definition) is 0. The van der Waals surface area contributed by atoms with E-state index in [0.717, 1.165) is 6.42 Å². The molecule has 0 fully saturated rings. The third-order valence-electron chi connectivity index (χ3n) is 2.60. The normalized spacial score (nSPS) is 14.7. The van der Waals surface area contributed by atoms with E-state index in [2.05, 4.69) is 4.74 Å². The fraction of sp³-hybridized carbons (Fsp3) is 0.909. The summed E-state index contributed by atoms with van der Waals surface area (Å²) in [6.07, 6.45) is -3.06. The van der Waals surface area contributed by atoms with E-state index in [1.54, 1.807) is 6.92 Å². The summed E-state index contributed by atoms with van der Waals surface area (Å²) >= 11 is 0. The molecule has 0 aliphatic heterocycles. The van der Waals surface area contributed by atoms with Crippen LogP contribution in [0.25, 0.3) is 0 Å². The van der Waals surface area contributed by atoms with Crippen LogP contribution in [0.1, 0.15) is 40.5 Å². The Morgan fingerprint density at radius 3 is 2.19 bits per heavy atom. The zero-order valence-electron chi connectivity index (χ0n) is 10.1. The Balaban J connectivity index is 4.10. The molecule has 0 rings (SSSR count). The SMILES string of the molecule is CCC(C)(C)CC(C)C(=O)OCC(F)(F)F. The number of carbonyl (C=O) groups is 1. The number of carbonyl (C=O) groups excluding carboxylic acids is 1. The van der Waals surface area contributed by atoms with E-state index in [-0.39, 0.29) is 5.41 Å². The molecule has 0 aliphatic carbocycles. The first-order chi connectivity index (χ1) is 7.07. The van der Waals surface area contributed by atoms with Crippen molar-refractivity contribution in [3.8, 4) is 0 Å². The van der Waals surface area contributed by atoms with Gasteiger partial charge in [-0.2, -0.15) is 13.2 Å². The monoisotopic (exact) mass is 240 g/mol. The summed E-state index contributed by atoms with van der Waals surface area (Å²) in [5.74, 6) is -1.28. The maximum atomic E-state index is 11.8. The van der Waals surface area contributed by atoms with Crippen LogP contribution in [0.3, 0.4) is 0 Å². The highest BCUT2D eigenvalue weighted by atomic mass is 19.4. The fourth-order valence-electron chi connectivity index (χ4n) is 1.35. The van der Waals surface area contributed by atoms with Crippen LogP contribution in [0.5, 0.6) is 0 Å². The van der Waals surface area contributed by atoms with Crippen LogP contribution in [-0.4, -0.2) is 18.8 Å². The van der Waals surface area contributed by atoms with Gasteiger partial charge >= 0.3 is 12.1 Å². The predicted octanol–water partition coefficient (Wildman–Crippen LogP) is 3.55. The van der Waals surface area contributed by atoms with Crippen LogP contribution < -0.4 is 0 Å². The van der Waals surface area contributed by atoms with Crippen molar-refractivity contribution in [3.05, 3.63) is 0 Å². The Hall–Kier alpha value is -0.740. The van der Waals surface area contributed by atoms with Crippen LogP contribution in [-0.2, 0) is 9.53 Å². The Kier molecular flexibility index (Phi) is 5.29. The zero-order valence-corrected chi connectivity index (χ0v) is 10.1. The summed E-state index contributed by atoms with van der Waals surface area (Å²) in [4.78, 5) is 11.3. The molecule has 0 spiro atoms. The van der Waals surface area contributed by atoms with Crippen LogP contribution in [0.2, 0.25) is 0 Å². The van der Waals surface area contributed by atoms with E-state index in [1.807, 2.05) is 20.8 Å². The molecule has 0 N–H and O–H groups in total. The maximum Gasteiger partial charge on any atom is 0.422 e. The minimum atomic E-state index is -4.45. The highest BCUT2D eigenvalue weighted by molar-refractivity contribution is 5.72. The number of hydrogen-bond acceptors (Lipinski definition) is 2. The molecule has 0 amide bonds. The third kappa shape index (κ3) is 6.69. The lowest BCUT2D eigenvalue weighted by atomic mass is 9.81. The van der Waals surface area contributed by atoms with Crippen molar-refractivity contribution in [2.45, 2.75) is 46.7 Å². The van der Waals surface area contributed by atoms with Gasteiger partial charge in [0.25, 0.3) is 0 Å². The van der Waals surface area contributed by atoms with Gasteiger partial charge in [-0.15, -0.1) is 0 Å². The molecule has 2 nitrogen and oxygen atoms in total. The zero-order chi connectivity index (χ0) is 13.0. The number of esters is 1. The maximum absolute atomic E-state index is 11.8. The molecule has 0 saturated carbocycles. The molecule has 1 unspecified atom stereocenters. The first-order valence-corrected chi connectivity index (χ1v) is 5.31. The molecular formula is C11H19F3O2. The highest BCUT2D eigenvalue weighted by Crippen LogP contribution is 2.29.